The fourth-order valence-corrected chi connectivity index (χ4v) is 2.39. The molecule has 80 valence electrons. The number of rotatable bonds is 1. The molecule has 1 aromatic heterocycles. The van der Waals surface area contributed by atoms with Crippen LogP contribution < -0.4 is 10.6 Å². The Morgan fingerprint density at radius 2 is 2.20 bits per heavy atom. The highest BCUT2D eigenvalue weighted by Crippen LogP contribution is 2.36. The van der Waals surface area contributed by atoms with Gasteiger partial charge in [0, 0.05) is 11.1 Å². The van der Waals surface area contributed by atoms with Crippen molar-refractivity contribution < 1.29 is 9.59 Å². The molecule has 1 aliphatic heterocycles. The Balaban J connectivity index is 2.37. The van der Waals surface area contributed by atoms with E-state index in [9.17, 15) is 9.59 Å². The van der Waals surface area contributed by atoms with Crippen LogP contribution in [0.5, 0.6) is 0 Å². The van der Waals surface area contributed by atoms with E-state index >= 15 is 0 Å². The number of hydrogen-bond donors (Lipinski definition) is 2. The Hall–Kier alpha value is -1.43. The van der Waals surface area contributed by atoms with Gasteiger partial charge in [0.1, 0.15) is 0 Å². The van der Waals surface area contributed by atoms with Crippen molar-refractivity contribution in [3.8, 4) is 0 Å². The van der Waals surface area contributed by atoms with Crippen molar-refractivity contribution >= 4 is 23.3 Å². The highest BCUT2D eigenvalue weighted by atomic mass is 32.1. The van der Waals surface area contributed by atoms with Gasteiger partial charge in [-0.15, -0.1) is 11.3 Å². The van der Waals surface area contributed by atoms with Gasteiger partial charge in [0.05, 0.1) is 17.0 Å². The first-order chi connectivity index (χ1) is 7.01. The van der Waals surface area contributed by atoms with Crippen molar-refractivity contribution in [2.24, 2.45) is 5.41 Å². The zero-order valence-electron chi connectivity index (χ0n) is 8.40. The second-order valence-corrected chi connectivity index (χ2v) is 4.90. The van der Waals surface area contributed by atoms with Gasteiger partial charge in [0.15, 0.2) is 0 Å². The molecule has 0 bridgehead atoms. The third-order valence-electron chi connectivity index (χ3n) is 2.55. The molecule has 1 atom stereocenters. The van der Waals surface area contributed by atoms with Crippen molar-refractivity contribution in [1.82, 2.24) is 15.6 Å². The molecule has 0 aromatic carbocycles. The van der Waals surface area contributed by atoms with Crippen LogP contribution in [-0.2, 0) is 4.79 Å². The van der Waals surface area contributed by atoms with Crippen LogP contribution in [0.25, 0.3) is 0 Å². The molecule has 1 fully saturated rings. The summed E-state index contributed by atoms with van der Waals surface area (Å²) in [5.74, 6) is -0.260. The van der Waals surface area contributed by atoms with Gasteiger partial charge < -0.3 is 5.32 Å². The van der Waals surface area contributed by atoms with Gasteiger partial charge in [-0.25, -0.2) is 4.79 Å². The van der Waals surface area contributed by atoms with Gasteiger partial charge >= 0.3 is 6.03 Å². The minimum absolute atomic E-state index is 0.260. The number of thiazole rings is 1. The zero-order chi connectivity index (χ0) is 11.1. The number of nitrogens with zero attached hydrogens (tertiary/aromatic N) is 1. The number of urea groups is 1. The molecule has 2 N–H and O–H groups in total. The predicted molar refractivity (Wildman–Crippen MR) is 55.3 cm³/mol. The van der Waals surface area contributed by atoms with Crippen LogP contribution in [0.1, 0.15) is 24.8 Å². The van der Waals surface area contributed by atoms with E-state index in [0.29, 0.717) is 0 Å². The number of aromatic nitrogens is 1. The second kappa shape index (κ2) is 3.30. The fraction of sp³-hybridized carbons (Fsp3) is 0.444. The topological polar surface area (TPSA) is 71.1 Å². The molecule has 0 saturated carbocycles. The van der Waals surface area contributed by atoms with Gasteiger partial charge in [-0.05, 0) is 13.8 Å². The van der Waals surface area contributed by atoms with E-state index in [1.54, 1.807) is 25.6 Å². The average molecular weight is 225 g/mol. The summed E-state index contributed by atoms with van der Waals surface area (Å²) in [5.41, 5.74) is 1.03. The standard InChI is InChI=1S/C9H11N3O2S/c1-9(2)6(5-3-10-4-15-5)11-8(14)12-7(9)13/h3-4,6H,1-2H3,(H2,11,12,13,14). The average Bonchev–Trinajstić information content (AvgIpc) is 2.64. The van der Waals surface area contributed by atoms with Crippen LogP contribution in [0.2, 0.25) is 0 Å². The summed E-state index contributed by atoms with van der Waals surface area (Å²) in [6, 6.07) is -0.746. The van der Waals surface area contributed by atoms with Crippen molar-refractivity contribution in [3.05, 3.63) is 16.6 Å². The molecule has 1 aromatic rings. The summed E-state index contributed by atoms with van der Waals surface area (Å²) in [5, 5.41) is 5.00. The summed E-state index contributed by atoms with van der Waals surface area (Å²) < 4.78 is 0. The van der Waals surface area contributed by atoms with Crippen LogP contribution in [-0.4, -0.2) is 16.9 Å². The molecule has 2 rings (SSSR count). The van der Waals surface area contributed by atoms with E-state index in [-0.39, 0.29) is 11.9 Å². The maximum absolute atomic E-state index is 11.6. The smallest absolute Gasteiger partial charge is 0.321 e. The molecule has 0 radical (unpaired) electrons. The molecular formula is C9H11N3O2S. The molecule has 1 unspecified atom stereocenters. The molecule has 15 heavy (non-hydrogen) atoms. The third kappa shape index (κ3) is 1.61. The molecule has 2 heterocycles. The fourth-order valence-electron chi connectivity index (χ4n) is 1.54. The maximum Gasteiger partial charge on any atom is 0.321 e. The molecular weight excluding hydrogens is 214 g/mol. The van der Waals surface area contributed by atoms with Crippen LogP contribution in [0.4, 0.5) is 4.79 Å². The first-order valence-electron chi connectivity index (χ1n) is 4.52. The lowest BCUT2D eigenvalue weighted by Crippen LogP contribution is -2.57. The first-order valence-corrected chi connectivity index (χ1v) is 5.40. The van der Waals surface area contributed by atoms with Crippen LogP contribution >= 0.6 is 11.3 Å². The highest BCUT2D eigenvalue weighted by Gasteiger charge is 2.44. The third-order valence-corrected chi connectivity index (χ3v) is 3.39. The molecule has 3 amide bonds. The lowest BCUT2D eigenvalue weighted by molar-refractivity contribution is -0.131. The summed E-state index contributed by atoms with van der Waals surface area (Å²) in [6.07, 6.45) is 1.68. The van der Waals surface area contributed by atoms with Crippen molar-refractivity contribution in [3.63, 3.8) is 0 Å². The number of amides is 3. The van der Waals surface area contributed by atoms with Crippen molar-refractivity contribution in [2.45, 2.75) is 19.9 Å². The lowest BCUT2D eigenvalue weighted by Gasteiger charge is -2.36. The Morgan fingerprint density at radius 1 is 1.47 bits per heavy atom. The summed E-state index contributed by atoms with van der Waals surface area (Å²) in [6.45, 7) is 3.60. The van der Waals surface area contributed by atoms with E-state index in [0.717, 1.165) is 4.88 Å². The largest absolute Gasteiger partial charge is 0.329 e. The molecule has 5 nitrogen and oxygen atoms in total. The Kier molecular flexibility index (Phi) is 2.22. The maximum atomic E-state index is 11.6. The van der Waals surface area contributed by atoms with Crippen LogP contribution in [0, 0.1) is 5.41 Å². The van der Waals surface area contributed by atoms with Gasteiger partial charge in [-0.1, -0.05) is 0 Å². The summed E-state index contributed by atoms with van der Waals surface area (Å²) in [7, 11) is 0. The zero-order valence-corrected chi connectivity index (χ0v) is 9.22. The van der Waals surface area contributed by atoms with Gasteiger partial charge in [0.2, 0.25) is 5.91 Å². The minimum atomic E-state index is -0.652. The van der Waals surface area contributed by atoms with E-state index < -0.39 is 11.4 Å². The Bertz CT molecular complexity index is 399. The highest BCUT2D eigenvalue weighted by molar-refractivity contribution is 7.09. The lowest BCUT2D eigenvalue weighted by atomic mass is 9.81. The number of nitrogens with one attached hydrogen (secondary N) is 2. The monoisotopic (exact) mass is 225 g/mol. The molecule has 0 aliphatic carbocycles. The van der Waals surface area contributed by atoms with Crippen molar-refractivity contribution in [2.75, 3.05) is 0 Å². The normalized spacial score (nSPS) is 24.5. The Labute approximate surface area is 90.9 Å². The van der Waals surface area contributed by atoms with Crippen molar-refractivity contribution in [1.29, 1.82) is 0 Å². The quantitative estimate of drug-likeness (QED) is 0.750. The number of imide groups is 1. The number of hydrogen-bond acceptors (Lipinski definition) is 4. The minimum Gasteiger partial charge on any atom is -0.329 e. The van der Waals surface area contributed by atoms with Gasteiger partial charge in [-0.2, -0.15) is 0 Å². The van der Waals surface area contributed by atoms with Crippen LogP contribution in [0.3, 0.4) is 0 Å². The second-order valence-electron chi connectivity index (χ2n) is 3.99. The molecule has 1 saturated heterocycles. The molecule has 0 spiro atoms. The van der Waals surface area contributed by atoms with Gasteiger partial charge in [0.25, 0.3) is 0 Å². The summed E-state index contributed by atoms with van der Waals surface area (Å²) in [4.78, 5) is 27.7. The van der Waals surface area contributed by atoms with E-state index in [4.69, 9.17) is 0 Å². The predicted octanol–water partition coefficient (Wildman–Crippen LogP) is 1.05. The summed E-state index contributed by atoms with van der Waals surface area (Å²) >= 11 is 1.43. The van der Waals surface area contributed by atoms with Gasteiger partial charge in [-0.3, -0.25) is 15.1 Å². The van der Waals surface area contributed by atoms with E-state index in [1.807, 2.05) is 0 Å². The van der Waals surface area contributed by atoms with Crippen LogP contribution in [0.15, 0.2) is 11.7 Å². The SMILES string of the molecule is CC1(C)C(=O)NC(=O)NC1c1cncs1. The number of carbonyl (C=O) groups excluding carboxylic acids is 2. The van der Waals surface area contributed by atoms with E-state index in [2.05, 4.69) is 15.6 Å². The number of carbonyl (C=O) groups is 2. The molecule has 1 aliphatic rings. The first kappa shape index (κ1) is 10.1. The Morgan fingerprint density at radius 3 is 2.80 bits per heavy atom. The van der Waals surface area contributed by atoms with E-state index in [1.165, 1.54) is 11.3 Å². The molecule has 6 heteroatoms.